The van der Waals surface area contributed by atoms with E-state index in [0.717, 1.165) is 18.4 Å². The van der Waals surface area contributed by atoms with Crippen molar-refractivity contribution in [2.75, 3.05) is 0 Å². The topological polar surface area (TPSA) is 55.2 Å². The minimum Gasteiger partial charge on any atom is -0.388 e. The molecule has 0 aliphatic rings. The van der Waals surface area contributed by atoms with Gasteiger partial charge in [0.05, 0.1) is 6.10 Å². The van der Waals surface area contributed by atoms with Crippen LogP contribution >= 0.6 is 0 Å². The average Bonchev–Trinajstić information content (AvgIpc) is 2.19. The van der Waals surface area contributed by atoms with Crippen LogP contribution in [0.5, 0.6) is 0 Å². The Labute approximate surface area is 86.6 Å². The van der Waals surface area contributed by atoms with Gasteiger partial charge in [-0.3, -0.25) is 0 Å². The van der Waals surface area contributed by atoms with E-state index < -0.39 is 0 Å². The molecule has 1 aromatic carbocycles. The van der Waals surface area contributed by atoms with Crippen LogP contribution in [0.25, 0.3) is 0 Å². The minimum absolute atomic E-state index is 0. The summed E-state index contributed by atoms with van der Waals surface area (Å²) in [6.45, 7) is 2.18. The predicted molar refractivity (Wildman–Crippen MR) is 60.6 cm³/mol. The summed E-state index contributed by atoms with van der Waals surface area (Å²) in [5, 5.41) is 9.75. The van der Waals surface area contributed by atoms with Gasteiger partial charge < -0.3 is 11.3 Å². The van der Waals surface area contributed by atoms with E-state index in [0.29, 0.717) is 0 Å². The molecule has 0 spiro atoms. The molecule has 0 bridgehead atoms. The second kappa shape index (κ2) is 7.54. The van der Waals surface area contributed by atoms with Gasteiger partial charge in [-0.2, -0.15) is 0 Å². The van der Waals surface area contributed by atoms with Crippen molar-refractivity contribution in [1.82, 2.24) is 6.15 Å². The summed E-state index contributed by atoms with van der Waals surface area (Å²) in [4.78, 5) is 0. The van der Waals surface area contributed by atoms with Gasteiger partial charge in [-0.1, -0.05) is 56.5 Å². The van der Waals surface area contributed by atoms with Gasteiger partial charge in [0.1, 0.15) is 0 Å². The fourth-order valence-electron chi connectivity index (χ4n) is 1.43. The van der Waals surface area contributed by atoms with Crippen LogP contribution in [-0.4, -0.2) is 5.11 Å². The zero-order valence-corrected chi connectivity index (χ0v) is 8.95. The third kappa shape index (κ3) is 4.40. The first kappa shape index (κ1) is 13.1. The van der Waals surface area contributed by atoms with Gasteiger partial charge in [0, 0.05) is 0 Å². The molecule has 0 heterocycles. The van der Waals surface area contributed by atoms with Crippen molar-refractivity contribution in [3.63, 3.8) is 0 Å². The summed E-state index contributed by atoms with van der Waals surface area (Å²) in [5.74, 6) is 0. The fourth-order valence-corrected chi connectivity index (χ4v) is 1.43. The van der Waals surface area contributed by atoms with E-state index in [1.807, 2.05) is 30.3 Å². The second-order valence-corrected chi connectivity index (χ2v) is 3.42. The van der Waals surface area contributed by atoms with Crippen LogP contribution in [0.1, 0.15) is 44.3 Å². The highest BCUT2D eigenvalue weighted by Gasteiger charge is 2.04. The zero-order valence-electron chi connectivity index (χ0n) is 8.95. The van der Waals surface area contributed by atoms with Crippen molar-refractivity contribution in [2.45, 2.75) is 38.7 Å². The van der Waals surface area contributed by atoms with Gasteiger partial charge in [0.25, 0.3) is 0 Å². The number of benzene rings is 1. The summed E-state index contributed by atoms with van der Waals surface area (Å²) in [7, 11) is 0. The molecule has 0 aliphatic heterocycles. The summed E-state index contributed by atoms with van der Waals surface area (Å²) in [5.41, 5.74) is 1.04. The molecule has 80 valence electrons. The molecule has 0 amide bonds. The lowest BCUT2D eigenvalue weighted by molar-refractivity contribution is 0.163. The molecule has 2 heteroatoms. The molecule has 0 radical (unpaired) electrons. The van der Waals surface area contributed by atoms with Crippen molar-refractivity contribution in [2.24, 2.45) is 0 Å². The van der Waals surface area contributed by atoms with Crippen molar-refractivity contribution in [1.29, 1.82) is 0 Å². The summed E-state index contributed by atoms with van der Waals surface area (Å²) in [6.07, 6.45) is 4.16. The van der Waals surface area contributed by atoms with Crippen LogP contribution in [0.3, 0.4) is 0 Å². The Balaban J connectivity index is 0.00000169. The number of aliphatic hydroxyl groups excluding tert-OH is 1. The van der Waals surface area contributed by atoms with Crippen molar-refractivity contribution in [3.05, 3.63) is 35.9 Å². The first-order valence-electron chi connectivity index (χ1n) is 5.07. The summed E-state index contributed by atoms with van der Waals surface area (Å²) in [6, 6.07) is 9.88. The van der Waals surface area contributed by atoms with Crippen molar-refractivity contribution >= 4 is 0 Å². The first-order valence-corrected chi connectivity index (χ1v) is 5.07. The van der Waals surface area contributed by atoms with Crippen LogP contribution in [0.4, 0.5) is 0 Å². The monoisotopic (exact) mass is 195 g/mol. The second-order valence-electron chi connectivity index (χ2n) is 3.42. The van der Waals surface area contributed by atoms with Crippen LogP contribution < -0.4 is 6.15 Å². The molecule has 0 fully saturated rings. The van der Waals surface area contributed by atoms with Crippen LogP contribution in [-0.2, 0) is 0 Å². The largest absolute Gasteiger partial charge is 0.388 e. The molecule has 14 heavy (non-hydrogen) atoms. The van der Waals surface area contributed by atoms with Gasteiger partial charge in [0.15, 0.2) is 0 Å². The molecule has 1 aromatic rings. The lowest BCUT2D eigenvalue weighted by Gasteiger charge is -2.09. The van der Waals surface area contributed by atoms with Gasteiger partial charge in [-0.05, 0) is 12.0 Å². The standard InChI is InChI=1S/C12H18O.H3N/c1-2-3-5-10-12(13)11-8-6-4-7-9-11;/h4,6-9,12-13H,2-3,5,10H2,1H3;1H3. The molecule has 2 nitrogen and oxygen atoms in total. The van der Waals surface area contributed by atoms with E-state index >= 15 is 0 Å². The van der Waals surface area contributed by atoms with E-state index in [1.165, 1.54) is 12.8 Å². The van der Waals surface area contributed by atoms with Crippen molar-refractivity contribution in [3.8, 4) is 0 Å². The summed E-state index contributed by atoms with van der Waals surface area (Å²) >= 11 is 0. The number of rotatable bonds is 5. The Morgan fingerprint density at radius 2 is 1.79 bits per heavy atom. The normalized spacial score (nSPS) is 11.9. The maximum Gasteiger partial charge on any atom is 0.0790 e. The highest BCUT2D eigenvalue weighted by atomic mass is 16.3. The minimum atomic E-state index is -0.271. The number of unbranched alkanes of at least 4 members (excludes halogenated alkanes) is 2. The molecule has 0 saturated heterocycles. The quantitative estimate of drug-likeness (QED) is 0.707. The molecule has 0 saturated carbocycles. The van der Waals surface area contributed by atoms with E-state index in [2.05, 4.69) is 6.92 Å². The van der Waals surface area contributed by atoms with Crippen LogP contribution in [0.15, 0.2) is 30.3 Å². The van der Waals surface area contributed by atoms with Gasteiger partial charge in [0.2, 0.25) is 0 Å². The van der Waals surface area contributed by atoms with Crippen LogP contribution in [0.2, 0.25) is 0 Å². The third-order valence-electron chi connectivity index (χ3n) is 2.27. The molecular formula is C12H21NO. The number of aliphatic hydroxyl groups is 1. The molecule has 1 rings (SSSR count). The third-order valence-corrected chi connectivity index (χ3v) is 2.27. The Bertz CT molecular complexity index is 223. The maximum atomic E-state index is 9.75. The zero-order chi connectivity index (χ0) is 9.52. The van der Waals surface area contributed by atoms with E-state index in [-0.39, 0.29) is 12.3 Å². The van der Waals surface area contributed by atoms with Crippen LogP contribution in [0, 0.1) is 0 Å². The molecular weight excluding hydrogens is 174 g/mol. The fraction of sp³-hybridized carbons (Fsp3) is 0.500. The Morgan fingerprint density at radius 1 is 1.14 bits per heavy atom. The maximum absolute atomic E-state index is 9.75. The van der Waals surface area contributed by atoms with Gasteiger partial charge in [-0.15, -0.1) is 0 Å². The summed E-state index contributed by atoms with van der Waals surface area (Å²) < 4.78 is 0. The molecule has 1 unspecified atom stereocenters. The first-order chi connectivity index (χ1) is 6.34. The molecule has 0 aliphatic carbocycles. The highest BCUT2D eigenvalue weighted by molar-refractivity contribution is 5.16. The van der Waals surface area contributed by atoms with Crippen molar-refractivity contribution < 1.29 is 5.11 Å². The smallest absolute Gasteiger partial charge is 0.0790 e. The lowest BCUT2D eigenvalue weighted by Crippen LogP contribution is -1.96. The van der Waals surface area contributed by atoms with E-state index in [9.17, 15) is 5.11 Å². The Hall–Kier alpha value is -0.860. The van der Waals surface area contributed by atoms with Gasteiger partial charge >= 0.3 is 0 Å². The van der Waals surface area contributed by atoms with Gasteiger partial charge in [-0.25, -0.2) is 0 Å². The van der Waals surface area contributed by atoms with E-state index in [1.54, 1.807) is 0 Å². The Morgan fingerprint density at radius 3 is 2.36 bits per heavy atom. The molecule has 0 aromatic heterocycles. The molecule has 1 atom stereocenters. The SMILES string of the molecule is CCCCCC(O)c1ccccc1.N. The number of hydrogen-bond acceptors (Lipinski definition) is 2. The predicted octanol–water partition coefficient (Wildman–Crippen LogP) is 3.46. The van der Waals surface area contributed by atoms with E-state index in [4.69, 9.17) is 0 Å². The molecule has 4 N–H and O–H groups in total. The Kier molecular flexibility index (Phi) is 7.07. The number of hydrogen-bond donors (Lipinski definition) is 2. The lowest BCUT2D eigenvalue weighted by atomic mass is 10.0. The highest BCUT2D eigenvalue weighted by Crippen LogP contribution is 2.18. The average molecular weight is 195 g/mol.